The number of halogens is 2. The van der Waals surface area contributed by atoms with E-state index < -0.39 is 35.2 Å². The Hall–Kier alpha value is -3.19. The highest BCUT2D eigenvalue weighted by molar-refractivity contribution is 6.30. The van der Waals surface area contributed by atoms with E-state index >= 15 is 0 Å². The average molecular weight is 527 g/mol. The topological polar surface area (TPSA) is 109 Å². The lowest BCUT2D eigenvalue weighted by molar-refractivity contribution is -0.140. The molecular formula is C28H28Cl2N2O4. The van der Waals surface area contributed by atoms with E-state index in [1.807, 2.05) is 38.1 Å². The Morgan fingerprint density at radius 2 is 1.33 bits per heavy atom. The first kappa shape index (κ1) is 27.4. The van der Waals surface area contributed by atoms with Gasteiger partial charge in [0.15, 0.2) is 5.78 Å². The molecule has 0 saturated carbocycles. The summed E-state index contributed by atoms with van der Waals surface area (Å²) < 4.78 is 0. The number of aliphatic carboxylic acids is 1. The number of ketones is 1. The minimum atomic E-state index is -1.44. The van der Waals surface area contributed by atoms with Gasteiger partial charge in [0.2, 0.25) is 5.91 Å². The smallest absolute Gasteiger partial charge is 0.314 e. The van der Waals surface area contributed by atoms with Crippen molar-refractivity contribution in [1.82, 2.24) is 5.32 Å². The summed E-state index contributed by atoms with van der Waals surface area (Å²) in [5, 5.41) is 14.2. The molecule has 0 bridgehead atoms. The van der Waals surface area contributed by atoms with Crippen LogP contribution in [0.3, 0.4) is 0 Å². The molecule has 0 aliphatic rings. The summed E-state index contributed by atoms with van der Waals surface area (Å²) >= 11 is 11.9. The Balaban J connectivity index is 1.75. The Bertz CT molecular complexity index is 1220. The maximum absolute atomic E-state index is 13.1. The number of hydrogen-bond donors (Lipinski definition) is 3. The Kier molecular flexibility index (Phi) is 8.90. The van der Waals surface area contributed by atoms with Crippen LogP contribution in [-0.4, -0.2) is 34.3 Å². The molecule has 0 heterocycles. The number of nitrogens with two attached hydrogens (primary N) is 1. The number of primary amides is 1. The quantitative estimate of drug-likeness (QED) is 0.229. The van der Waals surface area contributed by atoms with E-state index in [1.54, 1.807) is 48.5 Å². The molecule has 0 aromatic heterocycles. The zero-order valence-electron chi connectivity index (χ0n) is 20.0. The molecule has 3 aromatic rings. The van der Waals surface area contributed by atoms with Crippen molar-refractivity contribution in [2.45, 2.75) is 38.3 Å². The number of rotatable bonds is 11. The van der Waals surface area contributed by atoms with Gasteiger partial charge < -0.3 is 16.2 Å². The van der Waals surface area contributed by atoms with E-state index in [-0.39, 0.29) is 12.0 Å². The van der Waals surface area contributed by atoms with Crippen LogP contribution in [0.1, 0.15) is 36.2 Å². The molecule has 6 nitrogen and oxygen atoms in total. The second kappa shape index (κ2) is 11.7. The van der Waals surface area contributed by atoms with E-state index in [2.05, 4.69) is 5.32 Å². The van der Waals surface area contributed by atoms with Gasteiger partial charge in [-0.2, -0.15) is 0 Å². The number of nitrogens with one attached hydrogen (secondary N) is 1. The van der Waals surface area contributed by atoms with Gasteiger partial charge in [0.05, 0.1) is 6.04 Å². The van der Waals surface area contributed by atoms with Gasteiger partial charge >= 0.3 is 5.97 Å². The van der Waals surface area contributed by atoms with Gasteiger partial charge in [-0.25, -0.2) is 0 Å². The van der Waals surface area contributed by atoms with Gasteiger partial charge in [-0.15, -0.1) is 0 Å². The number of amides is 1. The fourth-order valence-electron chi connectivity index (χ4n) is 4.11. The number of benzene rings is 3. The van der Waals surface area contributed by atoms with E-state index in [0.717, 1.165) is 16.7 Å². The summed E-state index contributed by atoms with van der Waals surface area (Å²) in [5.74, 6) is -4.07. The van der Waals surface area contributed by atoms with Crippen LogP contribution in [-0.2, 0) is 16.0 Å². The van der Waals surface area contributed by atoms with Crippen molar-refractivity contribution in [3.63, 3.8) is 0 Å². The zero-order valence-corrected chi connectivity index (χ0v) is 21.5. The van der Waals surface area contributed by atoms with Crippen LogP contribution in [0.5, 0.6) is 0 Å². The van der Waals surface area contributed by atoms with Crippen molar-refractivity contribution in [3.8, 4) is 11.1 Å². The largest absolute Gasteiger partial charge is 0.481 e. The van der Waals surface area contributed by atoms with E-state index in [0.29, 0.717) is 16.5 Å². The first-order valence-corrected chi connectivity index (χ1v) is 12.2. The molecule has 0 aliphatic carbocycles. The van der Waals surface area contributed by atoms with Gasteiger partial charge in [0, 0.05) is 21.1 Å². The van der Waals surface area contributed by atoms with Crippen molar-refractivity contribution < 1.29 is 19.5 Å². The molecular weight excluding hydrogens is 499 g/mol. The third-order valence-corrected chi connectivity index (χ3v) is 6.40. The standard InChI is InChI=1S/C28H28Cl2N2O4/c1-28(2,16-17-3-11-21(29)12-4-17)32-24(26(31)34)15-23(27(35)36)25(33)20-7-5-18(6-8-20)19-9-13-22(30)14-10-19/h3-14,23-24,32H,15-16H2,1-2H3,(H2,31,34)(H,35,36)/t23?,24-/m0/s1. The molecule has 0 aliphatic heterocycles. The molecule has 3 rings (SSSR count). The second-order valence-corrected chi connectivity index (χ2v) is 10.2. The van der Waals surface area contributed by atoms with Crippen LogP contribution in [0.2, 0.25) is 10.0 Å². The summed E-state index contributed by atoms with van der Waals surface area (Å²) in [6, 6.07) is 20.2. The molecule has 188 valence electrons. The SMILES string of the molecule is CC(C)(Cc1ccc(Cl)cc1)N[C@@H](CC(C(=O)O)C(=O)c1ccc(-c2ccc(Cl)cc2)cc1)C(N)=O. The van der Waals surface area contributed by atoms with Crippen molar-refractivity contribution in [1.29, 1.82) is 0 Å². The minimum absolute atomic E-state index is 0.240. The molecule has 0 saturated heterocycles. The number of Topliss-reactive ketones (excluding diaryl/α,β-unsaturated/α-hetero) is 1. The lowest BCUT2D eigenvalue weighted by Gasteiger charge is -2.32. The summed E-state index contributed by atoms with van der Waals surface area (Å²) in [6.07, 6.45) is 0.262. The first-order valence-electron chi connectivity index (χ1n) is 11.4. The molecule has 0 radical (unpaired) electrons. The first-order chi connectivity index (χ1) is 16.9. The van der Waals surface area contributed by atoms with Crippen LogP contribution < -0.4 is 11.1 Å². The number of carbonyl (C=O) groups is 3. The van der Waals surface area contributed by atoms with Crippen LogP contribution in [0, 0.1) is 5.92 Å². The molecule has 2 atom stereocenters. The van der Waals surface area contributed by atoms with Gasteiger partial charge in [-0.05, 0) is 67.6 Å². The predicted molar refractivity (Wildman–Crippen MR) is 142 cm³/mol. The highest BCUT2D eigenvalue weighted by Gasteiger charge is 2.35. The van der Waals surface area contributed by atoms with E-state index in [4.69, 9.17) is 28.9 Å². The lowest BCUT2D eigenvalue weighted by Crippen LogP contribution is -2.54. The zero-order chi connectivity index (χ0) is 26.5. The third-order valence-electron chi connectivity index (χ3n) is 5.90. The van der Waals surface area contributed by atoms with Crippen LogP contribution >= 0.6 is 23.2 Å². The molecule has 1 unspecified atom stereocenters. The fraction of sp³-hybridized carbons (Fsp3) is 0.250. The average Bonchev–Trinajstić information content (AvgIpc) is 2.83. The molecule has 36 heavy (non-hydrogen) atoms. The van der Waals surface area contributed by atoms with Crippen molar-refractivity contribution in [2.24, 2.45) is 11.7 Å². The number of carboxylic acids is 1. The van der Waals surface area contributed by atoms with E-state index in [9.17, 15) is 19.5 Å². The number of carbonyl (C=O) groups excluding carboxylic acids is 2. The summed E-state index contributed by atoms with van der Waals surface area (Å²) in [7, 11) is 0. The van der Waals surface area contributed by atoms with Crippen molar-refractivity contribution in [2.75, 3.05) is 0 Å². The van der Waals surface area contributed by atoms with Crippen molar-refractivity contribution in [3.05, 3.63) is 94.0 Å². The Morgan fingerprint density at radius 3 is 1.81 bits per heavy atom. The van der Waals surface area contributed by atoms with Crippen LogP contribution in [0.25, 0.3) is 11.1 Å². The number of carboxylic acid groups (broad SMARTS) is 1. The summed E-state index contributed by atoms with van der Waals surface area (Å²) in [5.41, 5.74) is 7.98. The normalized spacial score (nSPS) is 13.1. The maximum Gasteiger partial charge on any atom is 0.314 e. The maximum atomic E-state index is 13.1. The molecule has 0 spiro atoms. The third kappa shape index (κ3) is 7.40. The summed E-state index contributed by atoms with van der Waals surface area (Å²) in [4.78, 5) is 37.4. The molecule has 1 amide bonds. The number of hydrogen-bond acceptors (Lipinski definition) is 4. The minimum Gasteiger partial charge on any atom is -0.481 e. The molecule has 3 aromatic carbocycles. The van der Waals surface area contributed by atoms with Gasteiger partial charge in [-0.3, -0.25) is 14.4 Å². The van der Waals surface area contributed by atoms with Gasteiger partial charge in [-0.1, -0.05) is 71.7 Å². The summed E-state index contributed by atoms with van der Waals surface area (Å²) in [6.45, 7) is 3.76. The molecule has 0 fully saturated rings. The predicted octanol–water partition coefficient (Wildman–Crippen LogP) is 5.40. The monoisotopic (exact) mass is 526 g/mol. The highest BCUT2D eigenvalue weighted by atomic mass is 35.5. The molecule has 8 heteroatoms. The van der Waals surface area contributed by atoms with Gasteiger partial charge in [0.1, 0.15) is 5.92 Å². The highest BCUT2D eigenvalue weighted by Crippen LogP contribution is 2.24. The lowest BCUT2D eigenvalue weighted by atomic mass is 9.88. The van der Waals surface area contributed by atoms with E-state index in [1.165, 1.54) is 0 Å². The Labute approximate surface area is 220 Å². The Morgan fingerprint density at radius 1 is 0.861 bits per heavy atom. The van der Waals surface area contributed by atoms with Crippen LogP contribution in [0.15, 0.2) is 72.8 Å². The fourth-order valence-corrected chi connectivity index (χ4v) is 4.36. The van der Waals surface area contributed by atoms with Crippen molar-refractivity contribution >= 4 is 40.9 Å². The second-order valence-electron chi connectivity index (χ2n) is 9.36. The molecule has 4 N–H and O–H groups in total. The van der Waals surface area contributed by atoms with Gasteiger partial charge in [0.25, 0.3) is 0 Å². The van der Waals surface area contributed by atoms with Crippen LogP contribution in [0.4, 0.5) is 0 Å².